The highest BCUT2D eigenvalue weighted by Gasteiger charge is 2.49. The first-order valence-electron chi connectivity index (χ1n) is 10.6. The van der Waals surface area contributed by atoms with Crippen molar-refractivity contribution in [3.8, 4) is 0 Å². The van der Waals surface area contributed by atoms with Gasteiger partial charge < -0.3 is 4.74 Å². The summed E-state index contributed by atoms with van der Waals surface area (Å²) in [4.78, 5) is 37.4. The summed E-state index contributed by atoms with van der Waals surface area (Å²) < 4.78 is 5.34. The minimum Gasteiger partial charge on any atom is -0.465 e. The molecular formula is C23H33NO5. The molecule has 29 heavy (non-hydrogen) atoms. The standard InChI is InChI=1S/C23H33NO5/c1-4-29-22(27)23(12-9-7-5-6-8-10-20(25)24-28)13-11-18-17(3)14-16(2)15-19(18)21(23)26/h14-15,28H,4-13H2,1-3H3,(H,24,25). The largest absolute Gasteiger partial charge is 0.465 e. The highest BCUT2D eigenvalue weighted by atomic mass is 16.5. The molecule has 2 rings (SSSR count). The topological polar surface area (TPSA) is 92.7 Å². The fourth-order valence-corrected chi connectivity index (χ4v) is 4.34. The second-order valence-electron chi connectivity index (χ2n) is 8.04. The number of hydrogen-bond acceptors (Lipinski definition) is 5. The molecule has 1 aliphatic carbocycles. The van der Waals surface area contributed by atoms with E-state index >= 15 is 0 Å². The summed E-state index contributed by atoms with van der Waals surface area (Å²) in [6.45, 7) is 6.02. The summed E-state index contributed by atoms with van der Waals surface area (Å²) in [5.41, 5.74) is 4.42. The molecule has 0 saturated heterocycles. The third kappa shape index (κ3) is 5.44. The summed E-state index contributed by atoms with van der Waals surface area (Å²) in [6, 6.07) is 3.99. The Labute approximate surface area is 173 Å². The molecule has 0 radical (unpaired) electrons. The predicted molar refractivity (Wildman–Crippen MR) is 110 cm³/mol. The molecule has 1 unspecified atom stereocenters. The molecule has 1 aromatic rings. The molecular weight excluding hydrogens is 370 g/mol. The number of fused-ring (bicyclic) bond motifs is 1. The average Bonchev–Trinajstić information content (AvgIpc) is 2.69. The number of carbonyl (C=O) groups is 3. The zero-order valence-electron chi connectivity index (χ0n) is 17.8. The van der Waals surface area contributed by atoms with Crippen LogP contribution in [-0.4, -0.2) is 29.5 Å². The molecule has 1 atom stereocenters. The Hall–Kier alpha value is -2.21. The first-order chi connectivity index (χ1) is 13.9. The van der Waals surface area contributed by atoms with Crippen molar-refractivity contribution >= 4 is 17.7 Å². The smallest absolute Gasteiger partial charge is 0.320 e. The number of aryl methyl sites for hydroxylation is 2. The SMILES string of the molecule is CCOC(=O)C1(CCCCCCCC(=O)NO)CCc2c(C)cc(C)cc2C1=O. The third-order valence-corrected chi connectivity index (χ3v) is 5.90. The maximum absolute atomic E-state index is 13.5. The van der Waals surface area contributed by atoms with E-state index < -0.39 is 11.4 Å². The zero-order valence-corrected chi connectivity index (χ0v) is 17.8. The van der Waals surface area contributed by atoms with Crippen molar-refractivity contribution in [2.45, 2.75) is 78.6 Å². The van der Waals surface area contributed by atoms with E-state index in [1.54, 1.807) is 12.4 Å². The number of ketones is 1. The molecule has 2 N–H and O–H groups in total. The van der Waals surface area contributed by atoms with Crippen LogP contribution in [0, 0.1) is 19.3 Å². The van der Waals surface area contributed by atoms with Gasteiger partial charge in [0.2, 0.25) is 5.91 Å². The Kier molecular flexibility index (Phi) is 8.38. The highest BCUT2D eigenvalue weighted by molar-refractivity contribution is 6.14. The van der Waals surface area contributed by atoms with Gasteiger partial charge in [0.1, 0.15) is 5.41 Å². The van der Waals surface area contributed by atoms with Crippen LogP contribution in [0.25, 0.3) is 0 Å². The van der Waals surface area contributed by atoms with Gasteiger partial charge in [-0.2, -0.15) is 0 Å². The summed E-state index contributed by atoms with van der Waals surface area (Å²) in [7, 11) is 0. The molecule has 0 fully saturated rings. The molecule has 6 nitrogen and oxygen atoms in total. The fourth-order valence-electron chi connectivity index (χ4n) is 4.34. The van der Waals surface area contributed by atoms with E-state index in [4.69, 9.17) is 9.94 Å². The molecule has 0 bridgehead atoms. The van der Waals surface area contributed by atoms with Crippen molar-refractivity contribution < 1.29 is 24.3 Å². The van der Waals surface area contributed by atoms with Crippen LogP contribution in [0.2, 0.25) is 0 Å². The Morgan fingerprint density at radius 2 is 1.83 bits per heavy atom. The van der Waals surface area contributed by atoms with Crippen molar-refractivity contribution in [2.24, 2.45) is 5.41 Å². The van der Waals surface area contributed by atoms with Crippen LogP contribution >= 0.6 is 0 Å². The number of benzene rings is 1. The Bertz CT molecular complexity index is 758. The second kappa shape index (κ2) is 10.5. The van der Waals surface area contributed by atoms with Gasteiger partial charge in [-0.1, -0.05) is 37.3 Å². The molecule has 0 aliphatic heterocycles. The van der Waals surface area contributed by atoms with Gasteiger partial charge in [0.25, 0.3) is 0 Å². The lowest BCUT2D eigenvalue weighted by molar-refractivity contribution is -0.153. The van der Waals surface area contributed by atoms with Gasteiger partial charge in [-0.05, 0) is 63.6 Å². The zero-order chi connectivity index (χ0) is 21.4. The van der Waals surface area contributed by atoms with E-state index in [0.29, 0.717) is 37.7 Å². The van der Waals surface area contributed by atoms with Crippen molar-refractivity contribution in [3.63, 3.8) is 0 Å². The summed E-state index contributed by atoms with van der Waals surface area (Å²) >= 11 is 0. The molecule has 160 valence electrons. The minimum absolute atomic E-state index is 0.0939. The molecule has 0 aromatic heterocycles. The highest BCUT2D eigenvalue weighted by Crippen LogP contribution is 2.42. The summed E-state index contributed by atoms with van der Waals surface area (Å²) in [6.07, 6.45) is 6.15. The fraction of sp³-hybridized carbons (Fsp3) is 0.609. The maximum Gasteiger partial charge on any atom is 0.320 e. The number of Topliss-reactive ketones (excluding diaryl/α,β-unsaturated/α-hetero) is 1. The van der Waals surface area contributed by atoms with Crippen LogP contribution in [0.3, 0.4) is 0 Å². The lowest BCUT2D eigenvalue weighted by Crippen LogP contribution is -2.44. The van der Waals surface area contributed by atoms with Crippen LogP contribution in [0.5, 0.6) is 0 Å². The molecule has 0 spiro atoms. The number of rotatable bonds is 10. The van der Waals surface area contributed by atoms with Crippen molar-refractivity contribution in [1.82, 2.24) is 5.48 Å². The maximum atomic E-state index is 13.5. The normalized spacial score (nSPS) is 18.3. The van der Waals surface area contributed by atoms with Gasteiger partial charge in [-0.25, -0.2) is 5.48 Å². The van der Waals surface area contributed by atoms with Crippen molar-refractivity contribution in [3.05, 3.63) is 34.4 Å². The quantitative estimate of drug-likeness (QED) is 0.201. The van der Waals surface area contributed by atoms with E-state index in [0.717, 1.165) is 42.4 Å². The van der Waals surface area contributed by atoms with Crippen LogP contribution in [0.15, 0.2) is 12.1 Å². The number of hydroxylamine groups is 1. The molecule has 1 amide bonds. The van der Waals surface area contributed by atoms with Crippen LogP contribution < -0.4 is 5.48 Å². The Morgan fingerprint density at radius 3 is 2.52 bits per heavy atom. The number of unbranched alkanes of at least 4 members (excludes halogenated alkanes) is 4. The van der Waals surface area contributed by atoms with Crippen molar-refractivity contribution in [1.29, 1.82) is 0 Å². The van der Waals surface area contributed by atoms with Gasteiger partial charge >= 0.3 is 5.97 Å². The van der Waals surface area contributed by atoms with Crippen LogP contribution in [0.1, 0.15) is 85.3 Å². The van der Waals surface area contributed by atoms with Gasteiger partial charge in [0.15, 0.2) is 5.78 Å². The number of ether oxygens (including phenoxy) is 1. The van der Waals surface area contributed by atoms with Gasteiger partial charge in [-0.3, -0.25) is 19.6 Å². The van der Waals surface area contributed by atoms with Crippen LogP contribution in [0.4, 0.5) is 0 Å². The van der Waals surface area contributed by atoms with Crippen molar-refractivity contribution in [2.75, 3.05) is 6.61 Å². The monoisotopic (exact) mass is 403 g/mol. The molecule has 1 aromatic carbocycles. The molecule has 6 heteroatoms. The third-order valence-electron chi connectivity index (χ3n) is 5.90. The van der Waals surface area contributed by atoms with Crippen LogP contribution in [-0.2, 0) is 20.7 Å². The van der Waals surface area contributed by atoms with E-state index in [2.05, 4.69) is 6.07 Å². The number of esters is 1. The first kappa shape index (κ1) is 23.1. The number of nitrogens with one attached hydrogen (secondary N) is 1. The lowest BCUT2D eigenvalue weighted by Gasteiger charge is -2.35. The molecule has 1 aliphatic rings. The summed E-state index contributed by atoms with van der Waals surface area (Å²) in [5.74, 6) is -0.860. The number of carbonyl (C=O) groups excluding carboxylic acids is 3. The van der Waals surface area contributed by atoms with E-state index in [-0.39, 0.29) is 18.3 Å². The summed E-state index contributed by atoms with van der Waals surface area (Å²) in [5, 5.41) is 8.50. The van der Waals surface area contributed by atoms with E-state index in [1.165, 1.54) is 0 Å². The number of amides is 1. The van der Waals surface area contributed by atoms with Gasteiger partial charge in [0.05, 0.1) is 6.61 Å². The Balaban J connectivity index is 2.05. The lowest BCUT2D eigenvalue weighted by atomic mass is 9.67. The minimum atomic E-state index is -1.08. The van der Waals surface area contributed by atoms with Gasteiger partial charge in [-0.15, -0.1) is 0 Å². The number of hydrogen-bond donors (Lipinski definition) is 2. The average molecular weight is 404 g/mol. The Morgan fingerprint density at radius 1 is 1.14 bits per heavy atom. The molecule has 0 saturated carbocycles. The van der Waals surface area contributed by atoms with E-state index in [1.807, 2.05) is 19.9 Å². The van der Waals surface area contributed by atoms with Gasteiger partial charge in [0, 0.05) is 12.0 Å². The second-order valence-corrected chi connectivity index (χ2v) is 8.04. The van der Waals surface area contributed by atoms with E-state index in [9.17, 15) is 14.4 Å². The molecule has 0 heterocycles. The first-order valence-corrected chi connectivity index (χ1v) is 10.6. The predicted octanol–water partition coefficient (Wildman–Crippen LogP) is 4.22.